The Kier molecular flexibility index (Phi) is 6.70. The van der Waals surface area contributed by atoms with E-state index >= 15 is 0 Å². The highest BCUT2D eigenvalue weighted by atomic mass is 16.1. The first kappa shape index (κ1) is 20.2. The van der Waals surface area contributed by atoms with Gasteiger partial charge in [0.25, 0.3) is 5.91 Å². The number of rotatable bonds is 8. The number of nitrogens with two attached hydrogens (primary N) is 1. The summed E-state index contributed by atoms with van der Waals surface area (Å²) in [6.07, 6.45) is 4.37. The lowest BCUT2D eigenvalue weighted by Crippen LogP contribution is -2.18. The van der Waals surface area contributed by atoms with E-state index in [0.717, 1.165) is 25.1 Å². The molecule has 0 atom stereocenters. The smallest absolute Gasteiger partial charge is 0.256 e. The van der Waals surface area contributed by atoms with Gasteiger partial charge in [-0.1, -0.05) is 0 Å². The van der Waals surface area contributed by atoms with E-state index in [1.165, 1.54) is 0 Å². The van der Waals surface area contributed by atoms with Crippen molar-refractivity contribution in [3.63, 3.8) is 0 Å². The molecule has 29 heavy (non-hydrogen) atoms. The number of hydrogen-bond donors (Lipinski definition) is 3. The molecule has 150 valence electrons. The molecular formula is C21H25N7O. The van der Waals surface area contributed by atoms with Crippen molar-refractivity contribution in [3.8, 4) is 11.3 Å². The van der Waals surface area contributed by atoms with E-state index in [0.29, 0.717) is 28.7 Å². The molecule has 0 aliphatic rings. The zero-order valence-electron chi connectivity index (χ0n) is 16.6. The largest absolute Gasteiger partial charge is 0.399 e. The molecule has 0 unspecified atom stereocenters. The summed E-state index contributed by atoms with van der Waals surface area (Å²) in [6, 6.07) is 12.2. The summed E-state index contributed by atoms with van der Waals surface area (Å²) in [4.78, 5) is 27.8. The zero-order valence-corrected chi connectivity index (χ0v) is 16.6. The minimum Gasteiger partial charge on any atom is -0.399 e. The molecule has 0 radical (unpaired) electrons. The molecule has 4 N–H and O–H groups in total. The molecule has 3 rings (SSSR count). The Bertz CT molecular complexity index is 943. The fourth-order valence-corrected chi connectivity index (χ4v) is 2.67. The molecule has 8 heteroatoms. The maximum Gasteiger partial charge on any atom is 0.256 e. The summed E-state index contributed by atoms with van der Waals surface area (Å²) < 4.78 is 0. The Morgan fingerprint density at radius 3 is 2.62 bits per heavy atom. The van der Waals surface area contributed by atoms with Gasteiger partial charge in [-0.2, -0.15) is 4.98 Å². The fraction of sp³-hybridized carbons (Fsp3) is 0.238. The van der Waals surface area contributed by atoms with Crippen LogP contribution in [0.4, 0.5) is 17.5 Å². The number of benzene rings is 1. The number of hydrogen-bond acceptors (Lipinski definition) is 7. The van der Waals surface area contributed by atoms with Crippen molar-refractivity contribution in [2.24, 2.45) is 0 Å². The van der Waals surface area contributed by atoms with Crippen molar-refractivity contribution in [2.75, 3.05) is 43.6 Å². The Morgan fingerprint density at radius 2 is 1.93 bits per heavy atom. The number of nitrogens with one attached hydrogen (secondary N) is 2. The van der Waals surface area contributed by atoms with E-state index in [9.17, 15) is 4.79 Å². The van der Waals surface area contributed by atoms with Crippen LogP contribution in [0.25, 0.3) is 11.3 Å². The Hall–Kier alpha value is -3.52. The number of carbonyl (C=O) groups is 1. The summed E-state index contributed by atoms with van der Waals surface area (Å²) in [7, 11) is 4.06. The van der Waals surface area contributed by atoms with E-state index in [1.54, 1.807) is 42.7 Å². The van der Waals surface area contributed by atoms with Gasteiger partial charge in [0.1, 0.15) is 5.82 Å². The summed E-state index contributed by atoms with van der Waals surface area (Å²) >= 11 is 0. The lowest BCUT2D eigenvalue weighted by molar-refractivity contribution is 0.102. The molecule has 1 amide bonds. The van der Waals surface area contributed by atoms with Crippen molar-refractivity contribution < 1.29 is 4.79 Å². The standard InChI is InChI=1S/C21H25N7O/c1-28(2)12-4-11-24-21-25-18(16-5-3-10-23-14-16)13-19(27-21)26-20(29)15-6-8-17(22)9-7-15/h3,5-10,13-14H,4,11-12,22H2,1-2H3,(H2,24,25,26,27,29). The fourth-order valence-electron chi connectivity index (χ4n) is 2.67. The number of carbonyl (C=O) groups excluding carboxylic acids is 1. The van der Waals surface area contributed by atoms with E-state index in [1.807, 2.05) is 26.2 Å². The quantitative estimate of drug-likeness (QED) is 0.400. The predicted octanol–water partition coefficient (Wildman–Crippen LogP) is 2.74. The molecule has 0 fully saturated rings. The third kappa shape index (κ3) is 5.98. The molecule has 8 nitrogen and oxygen atoms in total. The summed E-state index contributed by atoms with van der Waals surface area (Å²) in [6.45, 7) is 1.68. The van der Waals surface area contributed by atoms with Gasteiger partial charge in [0, 0.05) is 41.8 Å². The van der Waals surface area contributed by atoms with Crippen LogP contribution in [0.5, 0.6) is 0 Å². The number of pyridine rings is 1. The number of nitrogen functional groups attached to an aromatic ring is 1. The molecule has 2 aromatic heterocycles. The van der Waals surface area contributed by atoms with E-state index in [4.69, 9.17) is 5.73 Å². The Labute approximate surface area is 170 Å². The first-order valence-corrected chi connectivity index (χ1v) is 9.36. The van der Waals surface area contributed by atoms with Gasteiger partial charge in [0.05, 0.1) is 5.69 Å². The second kappa shape index (κ2) is 9.61. The van der Waals surface area contributed by atoms with Crippen LogP contribution in [0.3, 0.4) is 0 Å². The maximum atomic E-state index is 12.6. The van der Waals surface area contributed by atoms with Gasteiger partial charge in [-0.15, -0.1) is 0 Å². The van der Waals surface area contributed by atoms with Crippen molar-refractivity contribution >= 4 is 23.4 Å². The molecule has 0 aliphatic carbocycles. The summed E-state index contributed by atoms with van der Waals surface area (Å²) in [5, 5.41) is 6.07. The van der Waals surface area contributed by atoms with Crippen LogP contribution < -0.4 is 16.4 Å². The highest BCUT2D eigenvalue weighted by Gasteiger charge is 2.11. The van der Waals surface area contributed by atoms with Crippen LogP contribution in [-0.4, -0.2) is 52.9 Å². The molecule has 0 saturated carbocycles. The number of amides is 1. The van der Waals surface area contributed by atoms with E-state index in [-0.39, 0.29) is 5.91 Å². The molecule has 0 aliphatic heterocycles. The van der Waals surface area contributed by atoms with Crippen molar-refractivity contribution in [1.29, 1.82) is 0 Å². The molecule has 0 saturated heterocycles. The van der Waals surface area contributed by atoms with Crippen LogP contribution in [0, 0.1) is 0 Å². The van der Waals surface area contributed by atoms with E-state index in [2.05, 4.69) is 30.5 Å². The first-order chi connectivity index (χ1) is 14.0. The predicted molar refractivity (Wildman–Crippen MR) is 116 cm³/mol. The monoisotopic (exact) mass is 391 g/mol. The summed E-state index contributed by atoms with van der Waals surface area (Å²) in [5.41, 5.74) is 8.31. The Balaban J connectivity index is 1.81. The number of anilines is 3. The van der Waals surface area contributed by atoms with Crippen LogP contribution in [-0.2, 0) is 0 Å². The zero-order chi connectivity index (χ0) is 20.6. The van der Waals surface area contributed by atoms with Gasteiger partial charge in [0.15, 0.2) is 0 Å². The van der Waals surface area contributed by atoms with Crippen LogP contribution in [0.1, 0.15) is 16.8 Å². The molecule has 3 aromatic rings. The SMILES string of the molecule is CN(C)CCCNc1nc(NC(=O)c2ccc(N)cc2)cc(-c2cccnc2)n1. The van der Waals surface area contributed by atoms with Crippen LogP contribution >= 0.6 is 0 Å². The number of nitrogens with zero attached hydrogens (tertiary/aromatic N) is 4. The molecule has 2 heterocycles. The minimum absolute atomic E-state index is 0.264. The van der Waals surface area contributed by atoms with Gasteiger partial charge in [0.2, 0.25) is 5.95 Å². The van der Waals surface area contributed by atoms with E-state index < -0.39 is 0 Å². The number of aromatic nitrogens is 3. The topological polar surface area (TPSA) is 109 Å². The third-order valence-electron chi connectivity index (χ3n) is 4.16. The second-order valence-corrected chi connectivity index (χ2v) is 6.86. The minimum atomic E-state index is -0.264. The van der Waals surface area contributed by atoms with Gasteiger partial charge in [-0.3, -0.25) is 9.78 Å². The Morgan fingerprint density at radius 1 is 1.14 bits per heavy atom. The lowest BCUT2D eigenvalue weighted by atomic mass is 10.2. The van der Waals surface area contributed by atoms with Crippen LogP contribution in [0.2, 0.25) is 0 Å². The highest BCUT2D eigenvalue weighted by molar-refractivity contribution is 6.04. The lowest BCUT2D eigenvalue weighted by Gasteiger charge is -2.12. The van der Waals surface area contributed by atoms with Gasteiger partial charge >= 0.3 is 0 Å². The van der Waals surface area contributed by atoms with Gasteiger partial charge < -0.3 is 21.3 Å². The molecular weight excluding hydrogens is 366 g/mol. The summed E-state index contributed by atoms with van der Waals surface area (Å²) in [5.74, 6) is 0.605. The van der Waals surface area contributed by atoms with Crippen molar-refractivity contribution in [1.82, 2.24) is 19.9 Å². The van der Waals surface area contributed by atoms with Gasteiger partial charge in [-0.25, -0.2) is 4.98 Å². The van der Waals surface area contributed by atoms with Gasteiger partial charge in [-0.05, 0) is 63.5 Å². The second-order valence-electron chi connectivity index (χ2n) is 6.86. The maximum absolute atomic E-state index is 12.6. The van der Waals surface area contributed by atoms with Crippen molar-refractivity contribution in [3.05, 3.63) is 60.4 Å². The molecule has 1 aromatic carbocycles. The average Bonchev–Trinajstić information content (AvgIpc) is 2.72. The molecule has 0 bridgehead atoms. The van der Waals surface area contributed by atoms with Crippen molar-refractivity contribution in [2.45, 2.75) is 6.42 Å². The normalized spacial score (nSPS) is 10.7. The highest BCUT2D eigenvalue weighted by Crippen LogP contribution is 2.21. The third-order valence-corrected chi connectivity index (χ3v) is 4.16. The van der Waals surface area contributed by atoms with Crippen LogP contribution in [0.15, 0.2) is 54.9 Å². The first-order valence-electron chi connectivity index (χ1n) is 9.36. The average molecular weight is 391 g/mol. The molecule has 0 spiro atoms.